The van der Waals surface area contributed by atoms with E-state index in [4.69, 9.17) is 5.11 Å². The maximum absolute atomic E-state index is 11.3. The van der Waals surface area contributed by atoms with Crippen LogP contribution in [0.3, 0.4) is 0 Å². The summed E-state index contributed by atoms with van der Waals surface area (Å²) in [6.45, 7) is 1.14. The third-order valence-corrected chi connectivity index (χ3v) is 2.13. The van der Waals surface area contributed by atoms with E-state index in [0.29, 0.717) is 5.56 Å². The zero-order valence-electron chi connectivity index (χ0n) is 10.8. The van der Waals surface area contributed by atoms with Crippen LogP contribution in [0.25, 0.3) is 0 Å². The SMILES string of the molecule is C[C@@H](NC(=O)CN=Cc1ccccc1[O-])C(=O)O.[K+]. The van der Waals surface area contributed by atoms with Crippen molar-refractivity contribution < 1.29 is 71.2 Å². The molecule has 0 unspecified atom stereocenters. The van der Waals surface area contributed by atoms with Gasteiger partial charge in [-0.2, -0.15) is 0 Å². The number of hydrogen-bond donors (Lipinski definition) is 2. The summed E-state index contributed by atoms with van der Waals surface area (Å²) in [5, 5.41) is 22.1. The number of hydrogen-bond acceptors (Lipinski definition) is 4. The van der Waals surface area contributed by atoms with E-state index in [1.807, 2.05) is 0 Å². The molecule has 0 aliphatic heterocycles. The van der Waals surface area contributed by atoms with Gasteiger partial charge in [0.15, 0.2) is 0 Å². The van der Waals surface area contributed by atoms with Crippen LogP contribution in [0, 0.1) is 0 Å². The third kappa shape index (κ3) is 6.83. The van der Waals surface area contributed by atoms with Gasteiger partial charge in [0.05, 0.1) is 0 Å². The second-order valence-corrected chi connectivity index (χ2v) is 3.64. The standard InChI is InChI=1S/C12H14N2O4.K/c1-8(12(17)18)14-11(16)7-13-6-9-4-2-3-5-10(9)15;/h2-6,8,15H,7H2,1H3,(H,14,16)(H,17,18);/q;+1/p-1/t8-;/m1./s1. The Labute approximate surface area is 153 Å². The number of nitrogens with zero attached hydrogens (tertiary/aromatic N) is 1. The number of aliphatic carboxylic acids is 1. The second kappa shape index (κ2) is 9.21. The molecule has 1 aromatic rings. The van der Waals surface area contributed by atoms with Gasteiger partial charge in [0.2, 0.25) is 5.91 Å². The Morgan fingerprint density at radius 2 is 2.11 bits per heavy atom. The summed E-state index contributed by atoms with van der Waals surface area (Å²) >= 11 is 0. The molecule has 96 valence electrons. The minimum Gasteiger partial charge on any atom is -0.872 e. The maximum Gasteiger partial charge on any atom is 1.00 e. The van der Waals surface area contributed by atoms with E-state index >= 15 is 0 Å². The number of nitrogens with one attached hydrogen (secondary N) is 1. The molecule has 0 fully saturated rings. The van der Waals surface area contributed by atoms with Crippen molar-refractivity contribution in [2.75, 3.05) is 6.54 Å². The van der Waals surface area contributed by atoms with Crippen LogP contribution in [0.2, 0.25) is 0 Å². The number of carboxylic acids is 1. The van der Waals surface area contributed by atoms with Gasteiger partial charge in [0.25, 0.3) is 0 Å². The van der Waals surface area contributed by atoms with Crippen LogP contribution >= 0.6 is 0 Å². The molecular weight excluding hydrogens is 275 g/mol. The average molecular weight is 288 g/mol. The summed E-state index contributed by atoms with van der Waals surface area (Å²) in [7, 11) is 0. The van der Waals surface area contributed by atoms with Crippen molar-refractivity contribution in [3.8, 4) is 5.75 Å². The first-order chi connectivity index (χ1) is 8.50. The Hall–Kier alpha value is -0.734. The molecule has 1 amide bonds. The van der Waals surface area contributed by atoms with Crippen molar-refractivity contribution in [2.24, 2.45) is 4.99 Å². The van der Waals surface area contributed by atoms with Crippen LogP contribution < -0.4 is 61.8 Å². The Morgan fingerprint density at radius 1 is 1.47 bits per heavy atom. The van der Waals surface area contributed by atoms with E-state index in [9.17, 15) is 14.7 Å². The zero-order valence-corrected chi connectivity index (χ0v) is 13.9. The summed E-state index contributed by atoms with van der Waals surface area (Å²) in [5.74, 6) is -1.80. The molecule has 0 saturated heterocycles. The van der Waals surface area contributed by atoms with Gasteiger partial charge >= 0.3 is 57.4 Å². The fourth-order valence-corrected chi connectivity index (χ4v) is 1.16. The first-order valence-electron chi connectivity index (χ1n) is 5.28. The molecule has 7 heteroatoms. The third-order valence-electron chi connectivity index (χ3n) is 2.13. The molecule has 0 aromatic heterocycles. The monoisotopic (exact) mass is 288 g/mol. The van der Waals surface area contributed by atoms with Gasteiger partial charge in [0, 0.05) is 6.21 Å². The minimum atomic E-state index is -1.11. The number of benzene rings is 1. The minimum absolute atomic E-state index is 0. The van der Waals surface area contributed by atoms with Crippen molar-refractivity contribution in [1.82, 2.24) is 5.32 Å². The Balaban J connectivity index is 0.00000324. The van der Waals surface area contributed by atoms with Gasteiger partial charge in [0.1, 0.15) is 12.6 Å². The summed E-state index contributed by atoms with van der Waals surface area (Å²) in [5.41, 5.74) is 0.386. The molecule has 2 N–H and O–H groups in total. The van der Waals surface area contributed by atoms with E-state index in [1.165, 1.54) is 19.2 Å². The number of rotatable bonds is 5. The number of aliphatic imine (C=N–C) groups is 1. The van der Waals surface area contributed by atoms with Crippen LogP contribution in [0.15, 0.2) is 29.3 Å². The maximum atomic E-state index is 11.3. The quantitative estimate of drug-likeness (QED) is 0.439. The Bertz CT molecular complexity index is 477. The van der Waals surface area contributed by atoms with Crippen LogP contribution in [0.5, 0.6) is 5.75 Å². The van der Waals surface area contributed by atoms with Crippen LogP contribution in [-0.2, 0) is 9.59 Å². The molecular formula is C12H13KN2O4. The van der Waals surface area contributed by atoms with E-state index in [0.717, 1.165) is 0 Å². The smallest absolute Gasteiger partial charge is 0.872 e. The number of carbonyl (C=O) groups is 2. The van der Waals surface area contributed by atoms with Gasteiger partial charge in [-0.25, -0.2) is 0 Å². The van der Waals surface area contributed by atoms with Crippen molar-refractivity contribution in [2.45, 2.75) is 13.0 Å². The van der Waals surface area contributed by atoms with Crippen LogP contribution in [0.1, 0.15) is 12.5 Å². The normalized spacial score (nSPS) is 11.6. The largest absolute Gasteiger partial charge is 1.00 e. The second-order valence-electron chi connectivity index (χ2n) is 3.64. The van der Waals surface area contributed by atoms with Crippen molar-refractivity contribution >= 4 is 18.1 Å². The van der Waals surface area contributed by atoms with E-state index in [2.05, 4.69) is 10.3 Å². The van der Waals surface area contributed by atoms with Crippen molar-refractivity contribution in [3.63, 3.8) is 0 Å². The molecule has 0 saturated carbocycles. The molecule has 0 spiro atoms. The number of carboxylic acid groups (broad SMARTS) is 1. The number of carbonyl (C=O) groups excluding carboxylic acids is 1. The van der Waals surface area contributed by atoms with E-state index in [1.54, 1.807) is 18.2 Å². The molecule has 1 atom stereocenters. The molecule has 0 aliphatic carbocycles. The summed E-state index contributed by atoms with van der Waals surface area (Å²) in [6, 6.07) is 5.33. The van der Waals surface area contributed by atoms with Crippen molar-refractivity contribution in [3.05, 3.63) is 29.8 Å². The van der Waals surface area contributed by atoms with E-state index < -0.39 is 17.9 Å². The Morgan fingerprint density at radius 3 is 2.68 bits per heavy atom. The predicted octanol–water partition coefficient (Wildman–Crippen LogP) is -3.23. The molecule has 1 rings (SSSR count). The molecule has 0 bridgehead atoms. The fraction of sp³-hybridized carbons (Fsp3) is 0.250. The van der Waals surface area contributed by atoms with Crippen molar-refractivity contribution in [1.29, 1.82) is 0 Å². The summed E-state index contributed by atoms with van der Waals surface area (Å²) in [6.07, 6.45) is 1.30. The first-order valence-corrected chi connectivity index (χ1v) is 5.28. The number of amides is 1. The zero-order chi connectivity index (χ0) is 13.5. The summed E-state index contributed by atoms with van der Waals surface area (Å²) < 4.78 is 0. The molecule has 19 heavy (non-hydrogen) atoms. The van der Waals surface area contributed by atoms with Gasteiger partial charge in [-0.1, -0.05) is 24.3 Å². The molecule has 0 heterocycles. The van der Waals surface area contributed by atoms with Gasteiger partial charge < -0.3 is 15.5 Å². The predicted molar refractivity (Wildman–Crippen MR) is 63.6 cm³/mol. The van der Waals surface area contributed by atoms with Gasteiger partial charge in [-0.05, 0) is 12.5 Å². The van der Waals surface area contributed by atoms with Gasteiger partial charge in [-0.15, -0.1) is 5.75 Å². The number of para-hydroxylation sites is 1. The van der Waals surface area contributed by atoms with E-state index in [-0.39, 0.29) is 63.7 Å². The topological polar surface area (TPSA) is 102 Å². The van der Waals surface area contributed by atoms with Crippen LogP contribution in [-0.4, -0.2) is 35.8 Å². The van der Waals surface area contributed by atoms with Gasteiger partial charge in [-0.3, -0.25) is 14.6 Å². The summed E-state index contributed by atoms with van der Waals surface area (Å²) in [4.78, 5) is 25.5. The molecule has 1 aromatic carbocycles. The average Bonchev–Trinajstić information content (AvgIpc) is 2.31. The Kier molecular flexibility index (Phi) is 8.86. The fourth-order valence-electron chi connectivity index (χ4n) is 1.16. The van der Waals surface area contributed by atoms with Crippen LogP contribution in [0.4, 0.5) is 0 Å². The molecule has 6 nitrogen and oxygen atoms in total. The molecule has 0 radical (unpaired) electrons. The first kappa shape index (κ1) is 18.3. The molecule has 0 aliphatic rings.